The number of nitrogens with zero attached hydrogens (tertiary/aromatic N) is 5. The summed E-state index contributed by atoms with van der Waals surface area (Å²) in [6.45, 7) is 4.57. The van der Waals surface area contributed by atoms with E-state index in [4.69, 9.17) is 0 Å². The van der Waals surface area contributed by atoms with Crippen LogP contribution in [-0.4, -0.2) is 42.6 Å². The van der Waals surface area contributed by atoms with E-state index in [0.29, 0.717) is 17.9 Å². The van der Waals surface area contributed by atoms with Gasteiger partial charge in [-0.15, -0.1) is 10.2 Å². The van der Waals surface area contributed by atoms with Crippen molar-refractivity contribution in [3.8, 4) is 11.4 Å². The molecule has 0 unspecified atom stereocenters. The van der Waals surface area contributed by atoms with E-state index in [-0.39, 0.29) is 11.9 Å². The summed E-state index contributed by atoms with van der Waals surface area (Å²) < 4.78 is 0. The zero-order valence-electron chi connectivity index (χ0n) is 16.5. The Morgan fingerprint density at radius 2 is 1.93 bits per heavy atom. The Balaban J connectivity index is 1.29. The second kappa shape index (κ2) is 8.22. The molecule has 0 spiro atoms. The molecule has 0 saturated carbocycles. The number of hydrogen-bond acceptors (Lipinski definition) is 5. The fraction of sp³-hybridized carbons (Fsp3) is 0.286. The summed E-state index contributed by atoms with van der Waals surface area (Å²) in [5.74, 6) is 1.39. The molecule has 4 rings (SSSR count). The van der Waals surface area contributed by atoms with Crippen LogP contribution in [0.2, 0.25) is 0 Å². The topological polar surface area (TPSA) is 101 Å². The largest absolute Gasteiger partial charge is 0.352 e. The van der Waals surface area contributed by atoms with Gasteiger partial charge in [-0.1, -0.05) is 24.3 Å². The van der Waals surface area contributed by atoms with Gasteiger partial charge in [0.15, 0.2) is 0 Å². The van der Waals surface area contributed by atoms with Gasteiger partial charge in [-0.3, -0.25) is 4.79 Å². The minimum absolute atomic E-state index is 0.0973. The number of rotatable bonds is 7. The summed E-state index contributed by atoms with van der Waals surface area (Å²) in [7, 11) is 0. The number of amides is 1. The van der Waals surface area contributed by atoms with Gasteiger partial charge in [0.1, 0.15) is 5.82 Å². The molecule has 0 aliphatic rings. The molecule has 4 aromatic rings. The predicted molar refractivity (Wildman–Crippen MR) is 110 cm³/mol. The maximum atomic E-state index is 12.4. The van der Waals surface area contributed by atoms with Gasteiger partial charge in [-0.25, -0.2) is 4.98 Å². The van der Waals surface area contributed by atoms with Crippen LogP contribution in [-0.2, 0) is 6.42 Å². The fourth-order valence-corrected chi connectivity index (χ4v) is 3.01. The summed E-state index contributed by atoms with van der Waals surface area (Å²) in [5.41, 5.74) is 3.44. The highest BCUT2D eigenvalue weighted by Crippen LogP contribution is 2.15. The van der Waals surface area contributed by atoms with E-state index in [1.165, 1.54) is 0 Å². The van der Waals surface area contributed by atoms with Crippen molar-refractivity contribution in [3.63, 3.8) is 0 Å². The molecule has 2 heterocycles. The minimum Gasteiger partial charge on any atom is -0.352 e. The summed E-state index contributed by atoms with van der Waals surface area (Å²) in [4.78, 5) is 21.8. The molecular formula is C21H23N7O. The number of carbonyl (C=O) groups is 1. The maximum absolute atomic E-state index is 12.4. The van der Waals surface area contributed by atoms with Gasteiger partial charge >= 0.3 is 0 Å². The van der Waals surface area contributed by atoms with E-state index >= 15 is 0 Å². The number of fused-ring (bicyclic) bond motifs is 1. The normalized spacial score (nSPS) is 11.3. The molecule has 0 atom stereocenters. The molecule has 0 radical (unpaired) electrons. The lowest BCUT2D eigenvalue weighted by molar-refractivity contribution is 0.0953. The first-order chi connectivity index (χ1) is 14.1. The van der Waals surface area contributed by atoms with Crippen LogP contribution in [0, 0.1) is 0 Å². The van der Waals surface area contributed by atoms with Gasteiger partial charge in [-0.2, -0.15) is 4.80 Å². The van der Waals surface area contributed by atoms with Gasteiger partial charge < -0.3 is 10.3 Å². The smallest absolute Gasteiger partial charge is 0.251 e. The molecule has 0 fully saturated rings. The highest BCUT2D eigenvalue weighted by molar-refractivity contribution is 5.94. The van der Waals surface area contributed by atoms with E-state index < -0.39 is 0 Å². The summed E-state index contributed by atoms with van der Waals surface area (Å²) in [6, 6.07) is 15.3. The molecule has 8 nitrogen and oxygen atoms in total. The number of carbonyl (C=O) groups excluding carboxylic acids is 1. The number of nitrogens with one attached hydrogen (secondary N) is 2. The Labute approximate surface area is 168 Å². The lowest BCUT2D eigenvalue weighted by Gasteiger charge is -2.05. The summed E-state index contributed by atoms with van der Waals surface area (Å²) >= 11 is 0. The van der Waals surface area contributed by atoms with Crippen LogP contribution in [0.15, 0.2) is 48.5 Å². The molecule has 0 aliphatic carbocycles. The van der Waals surface area contributed by atoms with E-state index in [9.17, 15) is 4.79 Å². The van der Waals surface area contributed by atoms with Crippen LogP contribution < -0.4 is 5.32 Å². The lowest BCUT2D eigenvalue weighted by atomic mass is 10.1. The molecule has 0 saturated heterocycles. The summed E-state index contributed by atoms with van der Waals surface area (Å²) in [5, 5.41) is 15.4. The van der Waals surface area contributed by atoms with Crippen molar-refractivity contribution >= 4 is 16.9 Å². The Bertz CT molecular complexity index is 1080. The molecule has 8 heteroatoms. The van der Waals surface area contributed by atoms with Crippen molar-refractivity contribution in [3.05, 3.63) is 59.9 Å². The average molecular weight is 389 g/mol. The first kappa shape index (κ1) is 18.8. The number of H-pyrrole nitrogens is 1. The van der Waals surface area contributed by atoms with Crippen molar-refractivity contribution in [1.29, 1.82) is 0 Å². The molecule has 2 aromatic heterocycles. The number of benzene rings is 2. The van der Waals surface area contributed by atoms with Crippen molar-refractivity contribution in [2.75, 3.05) is 6.54 Å². The van der Waals surface area contributed by atoms with Crippen LogP contribution in [0.25, 0.3) is 22.4 Å². The third-order valence-electron chi connectivity index (χ3n) is 4.61. The van der Waals surface area contributed by atoms with Crippen LogP contribution >= 0.6 is 0 Å². The van der Waals surface area contributed by atoms with Crippen molar-refractivity contribution < 1.29 is 4.79 Å². The number of para-hydroxylation sites is 2. The average Bonchev–Trinajstić information content (AvgIpc) is 3.38. The maximum Gasteiger partial charge on any atom is 0.251 e. The Kier molecular flexibility index (Phi) is 5.33. The second-order valence-electron chi connectivity index (χ2n) is 7.16. The van der Waals surface area contributed by atoms with E-state index in [1.807, 2.05) is 50.2 Å². The van der Waals surface area contributed by atoms with Crippen molar-refractivity contribution in [2.24, 2.45) is 0 Å². The SMILES string of the molecule is CC(C)n1nnc(-c2ccc(C(=O)NCCCc3nc4ccccc4[nH]3)cc2)n1. The molecule has 1 amide bonds. The molecule has 0 bridgehead atoms. The van der Waals surface area contributed by atoms with Crippen molar-refractivity contribution in [2.45, 2.75) is 32.7 Å². The number of aromatic nitrogens is 6. The van der Waals surface area contributed by atoms with Crippen LogP contribution in [0.4, 0.5) is 0 Å². The van der Waals surface area contributed by atoms with Gasteiger partial charge in [0.2, 0.25) is 5.82 Å². The number of aryl methyl sites for hydroxylation is 1. The Hall–Kier alpha value is -3.55. The van der Waals surface area contributed by atoms with E-state index in [1.54, 1.807) is 16.9 Å². The first-order valence-electron chi connectivity index (χ1n) is 9.72. The first-order valence-corrected chi connectivity index (χ1v) is 9.72. The molecule has 2 N–H and O–H groups in total. The van der Waals surface area contributed by atoms with Gasteiger partial charge in [-0.05, 0) is 49.7 Å². The third-order valence-corrected chi connectivity index (χ3v) is 4.61. The number of hydrogen-bond donors (Lipinski definition) is 2. The zero-order chi connectivity index (χ0) is 20.2. The van der Waals surface area contributed by atoms with Crippen molar-refractivity contribution in [1.82, 2.24) is 35.5 Å². The highest BCUT2D eigenvalue weighted by Gasteiger charge is 2.10. The highest BCUT2D eigenvalue weighted by atomic mass is 16.1. The van der Waals surface area contributed by atoms with E-state index in [2.05, 4.69) is 30.7 Å². The van der Waals surface area contributed by atoms with Crippen LogP contribution in [0.3, 0.4) is 0 Å². The minimum atomic E-state index is -0.0973. The molecule has 2 aromatic carbocycles. The standard InChI is InChI=1S/C21H23N7O/c1-14(2)28-26-20(25-27-28)15-9-11-16(12-10-15)21(29)22-13-5-8-19-23-17-6-3-4-7-18(17)24-19/h3-4,6-7,9-12,14H,5,8,13H2,1-2H3,(H,22,29)(H,23,24). The number of aromatic amines is 1. The second-order valence-corrected chi connectivity index (χ2v) is 7.16. The molecule has 0 aliphatic heterocycles. The number of imidazole rings is 1. The lowest BCUT2D eigenvalue weighted by Crippen LogP contribution is -2.24. The molecule has 148 valence electrons. The van der Waals surface area contributed by atoms with Gasteiger partial charge in [0, 0.05) is 24.1 Å². The molecular weight excluding hydrogens is 366 g/mol. The zero-order valence-corrected chi connectivity index (χ0v) is 16.5. The third kappa shape index (κ3) is 4.31. The fourth-order valence-electron chi connectivity index (χ4n) is 3.01. The van der Waals surface area contributed by atoms with Crippen LogP contribution in [0.1, 0.15) is 42.5 Å². The monoisotopic (exact) mass is 389 g/mol. The Morgan fingerprint density at radius 3 is 2.66 bits per heavy atom. The Morgan fingerprint density at radius 1 is 1.14 bits per heavy atom. The van der Waals surface area contributed by atoms with Gasteiger partial charge in [0.05, 0.1) is 17.1 Å². The number of tetrazole rings is 1. The molecule has 29 heavy (non-hydrogen) atoms. The quantitative estimate of drug-likeness (QED) is 0.473. The van der Waals surface area contributed by atoms with E-state index in [0.717, 1.165) is 35.3 Å². The predicted octanol–water partition coefficient (Wildman–Crippen LogP) is 3.16. The van der Waals surface area contributed by atoms with Crippen LogP contribution in [0.5, 0.6) is 0 Å². The van der Waals surface area contributed by atoms with Gasteiger partial charge in [0.25, 0.3) is 5.91 Å². The summed E-state index contributed by atoms with van der Waals surface area (Å²) in [6.07, 6.45) is 1.59.